The maximum absolute atomic E-state index is 11.2. The predicted molar refractivity (Wildman–Crippen MR) is 481 cm³/mol. The zero-order valence-electron chi connectivity index (χ0n) is 65.8. The zero-order chi connectivity index (χ0) is 80.7. The van der Waals surface area contributed by atoms with Gasteiger partial charge >= 0.3 is 23.9 Å². The molecule has 0 spiro atoms. The number of ether oxygens (including phenoxy) is 4. The lowest BCUT2D eigenvalue weighted by Crippen LogP contribution is -2.25. The molecule has 0 amide bonds. The lowest BCUT2D eigenvalue weighted by Gasteiger charge is -2.21. The van der Waals surface area contributed by atoms with Crippen molar-refractivity contribution in [2.24, 2.45) is 0 Å². The summed E-state index contributed by atoms with van der Waals surface area (Å²) in [5, 5.41) is 0. The maximum Gasteiger partial charge on any atom is 0.305 e. The molecule has 24 heteroatoms. The van der Waals surface area contributed by atoms with Gasteiger partial charge in [0.25, 0.3) is 0 Å². The van der Waals surface area contributed by atoms with Crippen molar-refractivity contribution in [3.8, 4) is 0 Å². The van der Waals surface area contributed by atoms with E-state index in [2.05, 4.69) is 250 Å². The summed E-state index contributed by atoms with van der Waals surface area (Å²) < 4.78 is 61.0. The number of unbranched alkanes of at least 4 members (excludes halogenated alkanes) is 2. The molecule has 0 radical (unpaired) electrons. The number of rotatable bonds is 60. The van der Waals surface area contributed by atoms with Crippen LogP contribution in [-0.2, 0) is 74.3 Å². The van der Waals surface area contributed by atoms with Crippen LogP contribution in [0.25, 0.3) is 0 Å². The highest BCUT2D eigenvalue weighted by Crippen LogP contribution is 2.19. The highest BCUT2D eigenvalue weighted by atomic mass is 31.0. The van der Waals surface area contributed by atoms with Crippen LogP contribution in [0.3, 0.4) is 0 Å². The lowest BCUT2D eigenvalue weighted by molar-refractivity contribution is -0.141. The Morgan fingerprint density at radius 2 is 0.574 bits per heavy atom. The summed E-state index contributed by atoms with van der Waals surface area (Å²) in [6, 6.07) is 0. The molecule has 16 atom stereocenters. The summed E-state index contributed by atoms with van der Waals surface area (Å²) in [6.07, 6.45) is 101. The van der Waals surface area contributed by atoms with Gasteiger partial charge in [-0.25, -0.2) is 0 Å². The SMILES string of the molecule is CC/C=C\CC(/C=C/C=C\C/C=C\C/C=C\CCCC(=O)OC)OP.CC/C=C\CC(/C=C/C=C\C=C\C=C\C(OP)C(CCCC(=O)OC)OP)OP.CCC(/C=C/C/C=C/C=C\C/C=C\C/C=C\CCCC(=O)OC)OP.CCC(/C=C/C=C\CC(/C=C/C=C/C=C\C(CCCC(=O)OC)OP)OP)OP. The Morgan fingerprint density at radius 3 is 0.954 bits per heavy atom. The number of methoxy groups -OCH3 is 4. The van der Waals surface area contributed by atoms with Crippen LogP contribution in [0.2, 0.25) is 0 Å². The van der Waals surface area contributed by atoms with Crippen molar-refractivity contribution in [2.75, 3.05) is 28.4 Å². The molecule has 0 saturated carbocycles. The van der Waals surface area contributed by atoms with Crippen molar-refractivity contribution in [3.05, 3.63) is 243 Å². The number of hydrogen-bond donors (Lipinski definition) is 0. The van der Waals surface area contributed by atoms with Crippen molar-refractivity contribution in [2.45, 2.75) is 231 Å². The number of carbonyl (C=O) groups excluding carboxylic acids is 4. The minimum atomic E-state index is -0.236. The Labute approximate surface area is 672 Å². The molecular formula is C84H136O16P8. The molecule has 0 heterocycles. The molecule has 0 bridgehead atoms. The molecule has 108 heavy (non-hydrogen) atoms. The van der Waals surface area contributed by atoms with E-state index in [9.17, 15) is 19.2 Å². The topological polar surface area (TPSA) is 179 Å². The van der Waals surface area contributed by atoms with Gasteiger partial charge in [-0.15, -0.1) is 0 Å². The van der Waals surface area contributed by atoms with Crippen molar-refractivity contribution >= 4 is 99.6 Å². The number of hydrogen-bond acceptors (Lipinski definition) is 16. The van der Waals surface area contributed by atoms with Gasteiger partial charge < -0.3 is 55.1 Å². The molecule has 16 unspecified atom stereocenters. The summed E-state index contributed by atoms with van der Waals surface area (Å²) >= 11 is 0. The standard InChI is InChI=1S/2C21H35O5P3.2C21H33O3P/c1-3-18(24-27)12-9-6-10-15-19(25-28)13-7-4-5-8-14-20(26-29)16-11-17-21(22)23-2;1-3-4-9-13-18(24-27)14-10-7-5-6-8-11-15-19(25-28)20(26-29)16-12-17-21(22)23-2;1-3-20(24-25)18-16-14-12-10-8-6-4-5-7-9-11-13-15-17-19-21(22)23-2;1-3-4-14-17-20(24-25)18-15-12-10-8-6-5-7-9-11-13-16-19-21(22)23-2/h4-10,12-14,18-20H,3,11,15-17,27-29H2,1-2H3;4-11,14-15,18-20H,3,12-13,16-17,27-29H2,1-2H3;5-8,10-13,16,18,20H,3-4,9,14-15,17,19,25H2,1-2H3;4-6,9-12,14-15,18,20H,3,7-8,13,16-17,19,25H2,1-2H3/b5-4+,10-6-,12-9+,13-7+,14-8-;7-5-,8-6+,9-4-,14-10+,15-11+;7-5-,8-6-,12-10+,13-11-,18-16+;6-5-,11-9-,12-10-,14-4-,18-15+. The van der Waals surface area contributed by atoms with Crippen LogP contribution in [-0.4, -0.2) is 101 Å². The van der Waals surface area contributed by atoms with E-state index in [1.54, 1.807) is 0 Å². The molecule has 0 rings (SSSR count). The van der Waals surface area contributed by atoms with Crippen molar-refractivity contribution in [1.82, 2.24) is 0 Å². The Morgan fingerprint density at radius 1 is 0.269 bits per heavy atom. The molecule has 0 fully saturated rings. The van der Waals surface area contributed by atoms with Gasteiger partial charge in [-0.2, -0.15) is 0 Å². The second kappa shape index (κ2) is 91.7. The fourth-order valence-corrected chi connectivity index (χ4v) is 10.3. The van der Waals surface area contributed by atoms with Gasteiger partial charge in [-0.1, -0.05) is 271 Å². The van der Waals surface area contributed by atoms with E-state index in [-0.39, 0.29) is 72.7 Å². The Bertz CT molecular complexity index is 2770. The zero-order valence-corrected chi connectivity index (χ0v) is 75.1. The number of esters is 4. The Hall–Kier alpha value is -4.20. The molecule has 0 saturated heterocycles. The van der Waals surface area contributed by atoms with Crippen LogP contribution in [0.5, 0.6) is 0 Å². The average molecular weight is 1650 g/mol. The summed E-state index contributed by atoms with van der Waals surface area (Å²) in [4.78, 5) is 44.2. The second-order valence-electron chi connectivity index (χ2n) is 23.1. The van der Waals surface area contributed by atoms with Gasteiger partial charge in [0, 0.05) is 101 Å². The van der Waals surface area contributed by atoms with Crippen LogP contribution in [0, 0.1) is 0 Å². The molecule has 0 aromatic heterocycles. The minimum Gasteiger partial charge on any atom is -0.469 e. The Kier molecular flexibility index (Phi) is 93.5. The molecule has 0 N–H and O–H groups in total. The van der Waals surface area contributed by atoms with E-state index < -0.39 is 0 Å². The van der Waals surface area contributed by atoms with Crippen molar-refractivity contribution < 1.29 is 74.3 Å². The molecule has 16 nitrogen and oxygen atoms in total. The van der Waals surface area contributed by atoms with Crippen molar-refractivity contribution in [1.29, 1.82) is 0 Å². The first-order valence-corrected chi connectivity index (χ1v) is 40.8. The van der Waals surface area contributed by atoms with Gasteiger partial charge in [0.1, 0.15) is 6.10 Å². The van der Waals surface area contributed by atoms with Crippen LogP contribution in [0.15, 0.2) is 243 Å². The van der Waals surface area contributed by atoms with Gasteiger partial charge in [0.15, 0.2) is 0 Å². The van der Waals surface area contributed by atoms with E-state index in [1.165, 1.54) is 28.4 Å². The van der Waals surface area contributed by atoms with Crippen LogP contribution < -0.4 is 0 Å². The van der Waals surface area contributed by atoms with E-state index in [0.717, 1.165) is 116 Å². The molecule has 0 aromatic rings. The average Bonchev–Trinajstić information content (AvgIpc) is 0.949. The van der Waals surface area contributed by atoms with Gasteiger partial charge in [-0.05, 0) is 128 Å². The highest BCUT2D eigenvalue weighted by molar-refractivity contribution is 7.11. The third-order valence-electron chi connectivity index (χ3n) is 14.7. The minimum absolute atomic E-state index is 0.0142. The van der Waals surface area contributed by atoms with E-state index in [4.69, 9.17) is 36.2 Å². The predicted octanol–water partition coefficient (Wildman–Crippen LogP) is 22.6. The molecule has 0 aromatic carbocycles. The first kappa shape index (κ1) is 110. The van der Waals surface area contributed by atoms with Gasteiger partial charge in [-0.3, -0.25) is 19.2 Å². The second-order valence-corrected chi connectivity index (χ2v) is 25.3. The molecular weight excluding hydrogens is 1510 g/mol. The molecule has 0 aliphatic heterocycles. The summed E-state index contributed by atoms with van der Waals surface area (Å²) in [5.41, 5.74) is 0. The third-order valence-corrected chi connectivity index (χ3v) is 17.5. The summed E-state index contributed by atoms with van der Waals surface area (Å²) in [7, 11) is 24.0. The fraction of sp³-hybridized carbons (Fsp3) is 0.476. The monoisotopic (exact) mass is 1650 g/mol. The largest absolute Gasteiger partial charge is 0.469 e. The normalized spacial score (nSPS) is 15.0. The third kappa shape index (κ3) is 81.3. The first-order valence-electron chi connectivity index (χ1n) is 37.1. The molecule has 608 valence electrons. The smallest absolute Gasteiger partial charge is 0.305 e. The van der Waals surface area contributed by atoms with Crippen LogP contribution in [0.4, 0.5) is 0 Å². The number of carbonyl (C=O) groups is 4. The van der Waals surface area contributed by atoms with E-state index in [1.807, 2.05) is 115 Å². The maximum atomic E-state index is 11.2. The summed E-state index contributed by atoms with van der Waals surface area (Å²) in [6.45, 7) is 8.42. The van der Waals surface area contributed by atoms with E-state index in [0.29, 0.717) is 38.5 Å². The van der Waals surface area contributed by atoms with Crippen LogP contribution in [0.1, 0.15) is 182 Å². The van der Waals surface area contributed by atoms with Gasteiger partial charge in [0.05, 0.1) is 71.2 Å². The number of allylic oxidation sites excluding steroid dienone is 30. The quantitative estimate of drug-likeness (QED) is 0.0140. The summed E-state index contributed by atoms with van der Waals surface area (Å²) in [5.74, 6) is -0.688. The molecule has 0 aliphatic rings. The first-order chi connectivity index (χ1) is 52.7. The van der Waals surface area contributed by atoms with E-state index >= 15 is 0 Å². The lowest BCUT2D eigenvalue weighted by atomic mass is 10.1. The highest BCUT2D eigenvalue weighted by Gasteiger charge is 2.19. The fourth-order valence-electron chi connectivity index (χ4n) is 8.39. The van der Waals surface area contributed by atoms with Crippen molar-refractivity contribution in [3.63, 3.8) is 0 Å². The van der Waals surface area contributed by atoms with Crippen LogP contribution >= 0.6 is 75.7 Å². The van der Waals surface area contributed by atoms with Gasteiger partial charge in [0.2, 0.25) is 0 Å². The molecule has 0 aliphatic carbocycles. The Balaban J connectivity index is -0.000000669.